The van der Waals surface area contributed by atoms with E-state index in [1.54, 1.807) is 4.90 Å². The maximum atomic E-state index is 13.7. The van der Waals surface area contributed by atoms with Crippen LogP contribution in [0, 0.1) is 0 Å². The van der Waals surface area contributed by atoms with E-state index in [9.17, 15) is 14.4 Å². The lowest BCUT2D eigenvalue weighted by Crippen LogP contribution is -2.55. The largest absolute Gasteiger partial charge is 0.467 e. The van der Waals surface area contributed by atoms with Crippen LogP contribution in [-0.4, -0.2) is 49.6 Å². The number of para-hydroxylation sites is 2. The Morgan fingerprint density at radius 2 is 1.82 bits per heavy atom. The summed E-state index contributed by atoms with van der Waals surface area (Å²) in [5.74, 6) is -1.02. The molecule has 2 aromatic carbocycles. The average molecular weight is 451 g/mol. The van der Waals surface area contributed by atoms with Gasteiger partial charge in [-0.1, -0.05) is 36.4 Å². The van der Waals surface area contributed by atoms with E-state index in [0.717, 1.165) is 28.9 Å². The van der Waals surface area contributed by atoms with Gasteiger partial charge in [-0.25, -0.2) is 4.79 Å². The molecule has 0 saturated heterocycles. The summed E-state index contributed by atoms with van der Waals surface area (Å²) in [5.41, 5.74) is 9.24. The second-order valence-electron chi connectivity index (χ2n) is 8.48. The van der Waals surface area contributed by atoms with Crippen LogP contribution in [0.15, 0.2) is 48.5 Å². The van der Waals surface area contributed by atoms with Gasteiger partial charge in [0, 0.05) is 24.2 Å². The summed E-state index contributed by atoms with van der Waals surface area (Å²) >= 11 is 0. The zero-order chi connectivity index (χ0) is 23.4. The van der Waals surface area contributed by atoms with Crippen molar-refractivity contribution < 1.29 is 19.1 Å². The van der Waals surface area contributed by atoms with Crippen molar-refractivity contribution in [2.75, 3.05) is 23.9 Å². The molecule has 8 nitrogen and oxygen atoms in total. The predicted molar refractivity (Wildman–Crippen MR) is 126 cm³/mol. The highest BCUT2D eigenvalue weighted by atomic mass is 16.5. The van der Waals surface area contributed by atoms with Crippen LogP contribution in [0.4, 0.5) is 11.4 Å². The summed E-state index contributed by atoms with van der Waals surface area (Å²) < 4.78 is 4.88. The molecular weight excluding hydrogens is 420 g/mol. The highest BCUT2D eigenvalue weighted by Crippen LogP contribution is 2.35. The van der Waals surface area contributed by atoms with Crippen LogP contribution in [0.2, 0.25) is 0 Å². The highest BCUT2D eigenvalue weighted by Gasteiger charge is 2.42. The number of esters is 1. The average Bonchev–Trinajstić information content (AvgIpc) is 3.44. The smallest absolute Gasteiger partial charge is 0.328 e. The molecule has 0 bridgehead atoms. The molecule has 4 rings (SSSR count). The molecule has 0 aliphatic carbocycles. The van der Waals surface area contributed by atoms with Crippen LogP contribution >= 0.6 is 0 Å². The predicted octanol–water partition coefficient (Wildman–Crippen LogP) is 1.77. The molecular formula is C25H30N4O4. The number of methoxy groups -OCH3 is 1. The fourth-order valence-corrected chi connectivity index (χ4v) is 4.63. The van der Waals surface area contributed by atoms with Crippen LogP contribution in [-0.2, 0) is 32.0 Å². The Morgan fingerprint density at radius 3 is 2.55 bits per heavy atom. The third-order valence-electron chi connectivity index (χ3n) is 6.33. The number of nitrogens with zero attached hydrogens (tertiary/aromatic N) is 1. The van der Waals surface area contributed by atoms with Crippen molar-refractivity contribution in [2.24, 2.45) is 5.73 Å². The number of amides is 2. The molecule has 2 amide bonds. The lowest BCUT2D eigenvalue weighted by Gasteiger charge is -2.29. The van der Waals surface area contributed by atoms with Crippen molar-refractivity contribution in [3.63, 3.8) is 0 Å². The Balaban J connectivity index is 1.54. The van der Waals surface area contributed by atoms with E-state index in [0.29, 0.717) is 32.2 Å². The Hall–Kier alpha value is -3.39. The minimum absolute atomic E-state index is 0.158. The summed E-state index contributed by atoms with van der Waals surface area (Å²) in [5, 5.41) is 6.12. The molecule has 0 radical (unpaired) electrons. The zero-order valence-corrected chi connectivity index (χ0v) is 18.8. The van der Waals surface area contributed by atoms with Gasteiger partial charge < -0.3 is 21.1 Å². The lowest BCUT2D eigenvalue weighted by molar-refractivity contribution is -0.145. The zero-order valence-electron chi connectivity index (χ0n) is 18.8. The number of ether oxygens (including phenoxy) is 1. The monoisotopic (exact) mass is 450 g/mol. The molecule has 2 aliphatic rings. The van der Waals surface area contributed by atoms with Gasteiger partial charge in [0.1, 0.15) is 18.1 Å². The van der Waals surface area contributed by atoms with Gasteiger partial charge in [-0.3, -0.25) is 14.5 Å². The van der Waals surface area contributed by atoms with E-state index < -0.39 is 24.1 Å². The number of carbonyl (C=O) groups excluding carboxylic acids is 3. The second-order valence-corrected chi connectivity index (χ2v) is 8.48. The van der Waals surface area contributed by atoms with Crippen LogP contribution in [0.3, 0.4) is 0 Å². The lowest BCUT2D eigenvalue weighted by atomic mass is 10.1. The maximum absolute atomic E-state index is 13.7. The van der Waals surface area contributed by atoms with Crippen LogP contribution in [0.1, 0.15) is 30.4 Å². The van der Waals surface area contributed by atoms with Crippen molar-refractivity contribution in [2.45, 2.75) is 50.2 Å². The second kappa shape index (κ2) is 10.0. The van der Waals surface area contributed by atoms with E-state index in [2.05, 4.69) is 10.6 Å². The maximum Gasteiger partial charge on any atom is 0.328 e. The van der Waals surface area contributed by atoms with Crippen molar-refractivity contribution >= 4 is 29.2 Å². The summed E-state index contributed by atoms with van der Waals surface area (Å²) in [4.78, 5) is 40.9. The highest BCUT2D eigenvalue weighted by molar-refractivity contribution is 6.07. The minimum Gasteiger partial charge on any atom is -0.467 e. The quantitative estimate of drug-likeness (QED) is 0.417. The molecule has 2 aromatic rings. The summed E-state index contributed by atoms with van der Waals surface area (Å²) in [7, 11) is 1.30. The van der Waals surface area contributed by atoms with E-state index in [1.807, 2.05) is 48.5 Å². The Kier molecular flexibility index (Phi) is 6.93. The number of unbranched alkanes of at least 4 members (excludes halogenated alkanes) is 1. The molecule has 3 atom stereocenters. The number of carbonyl (C=O) groups is 3. The number of rotatable bonds is 8. The minimum atomic E-state index is -0.774. The van der Waals surface area contributed by atoms with Crippen molar-refractivity contribution in [3.05, 3.63) is 59.7 Å². The van der Waals surface area contributed by atoms with E-state index >= 15 is 0 Å². The Morgan fingerprint density at radius 1 is 1.09 bits per heavy atom. The molecule has 0 aromatic heterocycles. The number of hydrogen-bond donors (Lipinski definition) is 3. The van der Waals surface area contributed by atoms with Crippen molar-refractivity contribution in [1.29, 1.82) is 0 Å². The SMILES string of the molecule is COC(=O)[C@H](CCCCN)NC(=O)[C@@H]1Cc2ccccc2N1C(=O)[C@@H]1Cc2ccccc2N1. The molecule has 33 heavy (non-hydrogen) atoms. The standard InChI is InChI=1S/C25H30N4O4/c1-33-25(32)19(11-6-7-13-26)28-23(30)22-15-17-9-3-5-12-21(17)29(22)24(31)20-14-16-8-2-4-10-18(16)27-20/h2-5,8-10,12,19-20,22,27H,6-7,11,13-15,26H2,1H3,(H,28,30)/t19-,20-,22-/m0/s1. The number of fused-ring (bicyclic) bond motifs is 2. The van der Waals surface area contributed by atoms with Crippen LogP contribution < -0.4 is 21.3 Å². The topological polar surface area (TPSA) is 114 Å². The fraction of sp³-hybridized carbons (Fsp3) is 0.400. The van der Waals surface area contributed by atoms with Gasteiger partial charge in [0.15, 0.2) is 0 Å². The summed E-state index contributed by atoms with van der Waals surface area (Å²) in [6.07, 6.45) is 2.82. The van der Waals surface area contributed by atoms with Gasteiger partial charge in [-0.2, -0.15) is 0 Å². The Bertz CT molecular complexity index is 1020. The number of nitrogens with one attached hydrogen (secondary N) is 2. The van der Waals surface area contributed by atoms with Gasteiger partial charge in [-0.05, 0) is 49.1 Å². The van der Waals surface area contributed by atoms with Crippen molar-refractivity contribution in [3.8, 4) is 0 Å². The first-order valence-corrected chi connectivity index (χ1v) is 11.4. The van der Waals surface area contributed by atoms with Crippen molar-refractivity contribution in [1.82, 2.24) is 5.32 Å². The molecule has 8 heteroatoms. The normalized spacial score (nSPS) is 19.3. The molecule has 2 heterocycles. The number of nitrogens with two attached hydrogens (primary N) is 1. The van der Waals surface area contributed by atoms with Gasteiger partial charge >= 0.3 is 5.97 Å². The first kappa shape index (κ1) is 22.8. The molecule has 0 spiro atoms. The third-order valence-corrected chi connectivity index (χ3v) is 6.33. The summed E-state index contributed by atoms with van der Waals surface area (Å²) in [6, 6.07) is 13.4. The molecule has 4 N–H and O–H groups in total. The van der Waals surface area contributed by atoms with Crippen LogP contribution in [0.5, 0.6) is 0 Å². The number of hydrogen-bond acceptors (Lipinski definition) is 6. The molecule has 2 aliphatic heterocycles. The molecule has 0 fully saturated rings. The van der Waals surface area contributed by atoms with E-state index in [1.165, 1.54) is 7.11 Å². The first-order chi connectivity index (χ1) is 16.0. The Labute approximate surface area is 193 Å². The molecule has 0 saturated carbocycles. The van der Waals surface area contributed by atoms with E-state index in [-0.39, 0.29) is 11.8 Å². The fourth-order valence-electron chi connectivity index (χ4n) is 4.63. The third kappa shape index (κ3) is 4.71. The van der Waals surface area contributed by atoms with Gasteiger partial charge in [0.05, 0.1) is 7.11 Å². The van der Waals surface area contributed by atoms with Crippen LogP contribution in [0.25, 0.3) is 0 Å². The molecule has 174 valence electrons. The number of anilines is 2. The molecule has 0 unspecified atom stereocenters. The van der Waals surface area contributed by atoms with E-state index in [4.69, 9.17) is 10.5 Å². The van der Waals surface area contributed by atoms with Gasteiger partial charge in [0.25, 0.3) is 5.91 Å². The first-order valence-electron chi connectivity index (χ1n) is 11.4. The van der Waals surface area contributed by atoms with Gasteiger partial charge in [-0.15, -0.1) is 0 Å². The summed E-state index contributed by atoms with van der Waals surface area (Å²) in [6.45, 7) is 0.513. The van der Waals surface area contributed by atoms with Gasteiger partial charge in [0.2, 0.25) is 5.91 Å². The number of benzene rings is 2.